The van der Waals surface area contributed by atoms with E-state index in [1.807, 2.05) is 47.0 Å². The van der Waals surface area contributed by atoms with Crippen molar-refractivity contribution >= 4 is 17.5 Å². The summed E-state index contributed by atoms with van der Waals surface area (Å²) in [7, 11) is 4.01. The van der Waals surface area contributed by atoms with E-state index in [0.29, 0.717) is 19.4 Å². The Bertz CT molecular complexity index is 610. The molecule has 5 nitrogen and oxygen atoms in total. The minimum absolute atomic E-state index is 0.138. The summed E-state index contributed by atoms with van der Waals surface area (Å²) in [6.45, 7) is 7.53. The van der Waals surface area contributed by atoms with Gasteiger partial charge in [0.05, 0.1) is 0 Å². The van der Waals surface area contributed by atoms with Gasteiger partial charge in [-0.15, -0.1) is 0 Å². The molecule has 132 valence electrons. The number of amides is 2. The predicted molar refractivity (Wildman–Crippen MR) is 97.1 cm³/mol. The number of nitrogens with one attached hydrogen (secondary N) is 2. The lowest BCUT2D eigenvalue weighted by Gasteiger charge is -2.18. The number of carbonyl (C=O) groups excluding carboxylic acids is 2. The van der Waals surface area contributed by atoms with Crippen LogP contribution in [-0.2, 0) is 9.59 Å². The van der Waals surface area contributed by atoms with Gasteiger partial charge in [0.2, 0.25) is 11.8 Å². The van der Waals surface area contributed by atoms with E-state index in [1.54, 1.807) is 0 Å². The highest BCUT2D eigenvalue weighted by Crippen LogP contribution is 2.47. The number of rotatable bonds is 7. The number of benzene rings is 1. The van der Waals surface area contributed by atoms with Crippen LogP contribution in [0.4, 0.5) is 5.69 Å². The molecule has 1 saturated carbocycles. The topological polar surface area (TPSA) is 61.4 Å². The lowest BCUT2D eigenvalue weighted by molar-refractivity contribution is -0.134. The third-order valence-electron chi connectivity index (χ3n) is 4.60. The zero-order valence-electron chi connectivity index (χ0n) is 15.5. The van der Waals surface area contributed by atoms with Gasteiger partial charge in [-0.2, -0.15) is 0 Å². The van der Waals surface area contributed by atoms with Gasteiger partial charge >= 0.3 is 0 Å². The maximum Gasteiger partial charge on any atom is 0.240 e. The first kappa shape index (κ1) is 18.5. The molecule has 0 aromatic heterocycles. The zero-order valence-corrected chi connectivity index (χ0v) is 15.5. The molecule has 0 unspecified atom stereocenters. The molecule has 1 fully saturated rings. The summed E-state index contributed by atoms with van der Waals surface area (Å²) < 4.78 is 0. The summed E-state index contributed by atoms with van der Waals surface area (Å²) in [6.07, 6.45) is 2.14. The monoisotopic (exact) mass is 331 g/mol. The van der Waals surface area contributed by atoms with E-state index in [-0.39, 0.29) is 11.8 Å². The highest BCUT2D eigenvalue weighted by molar-refractivity contribution is 6.13. The molecule has 0 aliphatic heterocycles. The van der Waals surface area contributed by atoms with Crippen LogP contribution in [0.25, 0.3) is 0 Å². The van der Waals surface area contributed by atoms with E-state index in [4.69, 9.17) is 0 Å². The fourth-order valence-electron chi connectivity index (χ4n) is 3.06. The molecule has 0 bridgehead atoms. The van der Waals surface area contributed by atoms with Crippen LogP contribution in [-0.4, -0.2) is 43.9 Å². The van der Waals surface area contributed by atoms with Crippen molar-refractivity contribution in [3.8, 4) is 0 Å². The number of hydrogen-bond donors (Lipinski definition) is 2. The maximum atomic E-state index is 12.7. The van der Waals surface area contributed by atoms with E-state index in [1.165, 1.54) is 5.56 Å². The van der Waals surface area contributed by atoms with Gasteiger partial charge in [0.1, 0.15) is 5.41 Å². The Morgan fingerprint density at radius 3 is 2.17 bits per heavy atom. The average molecular weight is 331 g/mol. The molecule has 1 aromatic rings. The van der Waals surface area contributed by atoms with Gasteiger partial charge in [-0.05, 0) is 71.8 Å². The fraction of sp³-hybridized carbons (Fsp3) is 0.579. The molecule has 2 amide bonds. The quantitative estimate of drug-likeness (QED) is 0.596. The van der Waals surface area contributed by atoms with Crippen molar-refractivity contribution in [2.45, 2.75) is 40.0 Å². The van der Waals surface area contributed by atoms with Crippen molar-refractivity contribution in [2.75, 3.05) is 32.5 Å². The largest absolute Gasteiger partial charge is 0.355 e. The summed E-state index contributed by atoms with van der Waals surface area (Å²) in [4.78, 5) is 27.2. The van der Waals surface area contributed by atoms with Gasteiger partial charge in [0, 0.05) is 12.2 Å². The van der Waals surface area contributed by atoms with Crippen LogP contribution in [0.3, 0.4) is 0 Å². The highest BCUT2D eigenvalue weighted by atomic mass is 16.2. The second-order valence-corrected chi connectivity index (χ2v) is 7.22. The molecule has 1 aromatic carbocycles. The highest BCUT2D eigenvalue weighted by Gasteiger charge is 2.56. The summed E-state index contributed by atoms with van der Waals surface area (Å²) in [5, 5.41) is 5.91. The van der Waals surface area contributed by atoms with Crippen molar-refractivity contribution in [3.05, 3.63) is 28.8 Å². The zero-order chi connectivity index (χ0) is 17.9. The van der Waals surface area contributed by atoms with Crippen LogP contribution in [0.15, 0.2) is 12.1 Å². The van der Waals surface area contributed by atoms with Crippen molar-refractivity contribution in [1.82, 2.24) is 10.2 Å². The van der Waals surface area contributed by atoms with Crippen LogP contribution in [0, 0.1) is 26.2 Å². The Morgan fingerprint density at radius 1 is 1.08 bits per heavy atom. The van der Waals surface area contributed by atoms with Crippen molar-refractivity contribution in [3.63, 3.8) is 0 Å². The van der Waals surface area contributed by atoms with Crippen LogP contribution in [0.2, 0.25) is 0 Å². The molecule has 1 aliphatic carbocycles. The van der Waals surface area contributed by atoms with Gasteiger partial charge < -0.3 is 15.5 Å². The predicted octanol–water partition coefficient (Wildman–Crippen LogP) is 2.40. The maximum absolute atomic E-state index is 12.7. The van der Waals surface area contributed by atoms with E-state index < -0.39 is 5.41 Å². The number of hydrogen-bond acceptors (Lipinski definition) is 3. The van der Waals surface area contributed by atoms with E-state index in [9.17, 15) is 9.59 Å². The average Bonchev–Trinajstić information content (AvgIpc) is 3.28. The molecular weight excluding hydrogens is 302 g/mol. The van der Waals surface area contributed by atoms with Gasteiger partial charge in [-0.3, -0.25) is 9.59 Å². The minimum atomic E-state index is -0.873. The Morgan fingerprint density at radius 2 is 1.67 bits per heavy atom. The van der Waals surface area contributed by atoms with Crippen molar-refractivity contribution in [1.29, 1.82) is 0 Å². The van der Waals surface area contributed by atoms with Gasteiger partial charge in [-0.25, -0.2) is 0 Å². The SMILES string of the molecule is Cc1cc(C)c(NC(=O)C2(C(=O)NCCCN(C)C)CC2)c(C)c1. The first-order chi connectivity index (χ1) is 11.3. The molecule has 2 rings (SSSR count). The van der Waals surface area contributed by atoms with Crippen LogP contribution in [0.5, 0.6) is 0 Å². The molecule has 0 atom stereocenters. The standard InChI is InChI=1S/C19H29N3O2/c1-13-11-14(2)16(15(3)12-13)21-18(24)19(7-8-19)17(23)20-9-6-10-22(4)5/h11-12H,6-10H2,1-5H3,(H,20,23)(H,21,24). The second kappa shape index (κ2) is 7.34. The molecular formula is C19H29N3O2. The molecule has 1 aliphatic rings. The smallest absolute Gasteiger partial charge is 0.240 e. The Labute approximate surface area is 144 Å². The number of nitrogens with zero attached hydrogens (tertiary/aromatic N) is 1. The van der Waals surface area contributed by atoms with E-state index in [0.717, 1.165) is 29.8 Å². The number of anilines is 1. The third-order valence-corrected chi connectivity index (χ3v) is 4.60. The molecule has 0 spiro atoms. The third kappa shape index (κ3) is 4.15. The molecule has 0 radical (unpaired) electrons. The summed E-state index contributed by atoms with van der Waals surface area (Å²) in [6, 6.07) is 4.09. The number of aryl methyl sites for hydroxylation is 3. The lowest BCUT2D eigenvalue weighted by Crippen LogP contribution is -2.41. The molecule has 5 heteroatoms. The normalized spacial score (nSPS) is 15.2. The van der Waals surface area contributed by atoms with Gasteiger partial charge in [0.25, 0.3) is 0 Å². The fourth-order valence-corrected chi connectivity index (χ4v) is 3.06. The molecule has 0 heterocycles. The molecule has 24 heavy (non-hydrogen) atoms. The molecule has 0 saturated heterocycles. The Balaban J connectivity index is 1.98. The summed E-state index contributed by atoms with van der Waals surface area (Å²) >= 11 is 0. The van der Waals surface area contributed by atoms with Crippen LogP contribution < -0.4 is 10.6 Å². The Hall–Kier alpha value is -1.88. The number of carbonyl (C=O) groups is 2. The van der Waals surface area contributed by atoms with E-state index >= 15 is 0 Å². The first-order valence-electron chi connectivity index (χ1n) is 8.58. The van der Waals surface area contributed by atoms with Crippen LogP contribution >= 0.6 is 0 Å². The minimum Gasteiger partial charge on any atom is -0.355 e. The van der Waals surface area contributed by atoms with Gasteiger partial charge in [-0.1, -0.05) is 17.7 Å². The first-order valence-corrected chi connectivity index (χ1v) is 8.58. The second-order valence-electron chi connectivity index (χ2n) is 7.22. The lowest BCUT2D eigenvalue weighted by atomic mass is 10.0. The molecule has 2 N–H and O–H groups in total. The van der Waals surface area contributed by atoms with Crippen LogP contribution in [0.1, 0.15) is 36.0 Å². The summed E-state index contributed by atoms with van der Waals surface area (Å²) in [5.41, 5.74) is 3.19. The van der Waals surface area contributed by atoms with E-state index in [2.05, 4.69) is 15.5 Å². The van der Waals surface area contributed by atoms with Crippen molar-refractivity contribution in [2.24, 2.45) is 5.41 Å². The Kier molecular flexibility index (Phi) is 5.65. The van der Waals surface area contributed by atoms with Gasteiger partial charge in [0.15, 0.2) is 0 Å². The summed E-state index contributed by atoms with van der Waals surface area (Å²) in [5.74, 6) is -0.316. The van der Waals surface area contributed by atoms with Crippen molar-refractivity contribution < 1.29 is 9.59 Å².